The molecule has 0 fully saturated rings. The summed E-state index contributed by atoms with van der Waals surface area (Å²) in [4.78, 5) is 11.1. The van der Waals surface area contributed by atoms with Crippen LogP contribution in [-0.4, -0.2) is 15.3 Å². The van der Waals surface area contributed by atoms with Gasteiger partial charge in [0.25, 0.3) is 5.56 Å². The van der Waals surface area contributed by atoms with Crippen molar-refractivity contribution >= 4 is 10.8 Å². The van der Waals surface area contributed by atoms with E-state index < -0.39 is 0 Å². The standard InChI is InChI=1S/C8H6N2O2/c11-6-3-1-2-5-4-9-10-8(12)7(5)6/h1-4,11H,(H,10,12). The van der Waals surface area contributed by atoms with E-state index in [1.165, 1.54) is 12.3 Å². The SMILES string of the molecule is O=c1[nH]ncc2cccc(O)c12. The lowest BCUT2D eigenvalue weighted by atomic mass is 10.2. The zero-order valence-electron chi connectivity index (χ0n) is 6.11. The van der Waals surface area contributed by atoms with Gasteiger partial charge in [0.2, 0.25) is 0 Å². The molecule has 0 saturated heterocycles. The Labute approximate surface area is 67.5 Å². The minimum atomic E-state index is -0.370. The highest BCUT2D eigenvalue weighted by atomic mass is 16.3. The third-order valence-electron chi connectivity index (χ3n) is 1.67. The summed E-state index contributed by atoms with van der Waals surface area (Å²) in [5.74, 6) is -0.0175. The van der Waals surface area contributed by atoms with Crippen LogP contribution in [-0.2, 0) is 0 Å². The predicted octanol–water partition coefficient (Wildman–Crippen LogP) is 0.629. The van der Waals surface area contributed by atoms with Gasteiger partial charge in [-0.3, -0.25) is 4.79 Å². The molecule has 0 amide bonds. The topological polar surface area (TPSA) is 66.0 Å². The van der Waals surface area contributed by atoms with Gasteiger partial charge in [-0.1, -0.05) is 12.1 Å². The van der Waals surface area contributed by atoms with Crippen molar-refractivity contribution in [3.63, 3.8) is 0 Å². The van der Waals surface area contributed by atoms with Crippen LogP contribution in [0.5, 0.6) is 5.75 Å². The van der Waals surface area contributed by atoms with Crippen LogP contribution in [0.15, 0.2) is 29.2 Å². The Morgan fingerprint density at radius 3 is 3.00 bits per heavy atom. The molecule has 12 heavy (non-hydrogen) atoms. The van der Waals surface area contributed by atoms with Crippen LogP contribution in [0.1, 0.15) is 0 Å². The number of H-pyrrole nitrogens is 1. The van der Waals surface area contributed by atoms with E-state index in [0.29, 0.717) is 5.39 Å². The molecule has 2 aromatic rings. The molecule has 0 atom stereocenters. The zero-order chi connectivity index (χ0) is 8.55. The van der Waals surface area contributed by atoms with Crippen molar-refractivity contribution in [1.82, 2.24) is 10.2 Å². The molecule has 4 nitrogen and oxygen atoms in total. The smallest absolute Gasteiger partial charge is 0.275 e. The quantitative estimate of drug-likeness (QED) is 0.597. The molecule has 0 aliphatic rings. The summed E-state index contributed by atoms with van der Waals surface area (Å²) in [6.45, 7) is 0. The van der Waals surface area contributed by atoms with E-state index in [1.807, 2.05) is 0 Å². The van der Waals surface area contributed by atoms with Crippen LogP contribution in [0.4, 0.5) is 0 Å². The molecule has 1 heterocycles. The maximum absolute atomic E-state index is 11.1. The van der Waals surface area contributed by atoms with Crippen LogP contribution >= 0.6 is 0 Å². The molecule has 1 aromatic heterocycles. The van der Waals surface area contributed by atoms with Gasteiger partial charge in [0.1, 0.15) is 5.75 Å². The summed E-state index contributed by atoms with van der Waals surface area (Å²) < 4.78 is 0. The number of aromatic nitrogens is 2. The van der Waals surface area contributed by atoms with E-state index in [1.54, 1.807) is 12.1 Å². The first kappa shape index (κ1) is 6.84. The van der Waals surface area contributed by atoms with Crippen molar-refractivity contribution in [1.29, 1.82) is 0 Å². The minimum absolute atomic E-state index is 0.0175. The Morgan fingerprint density at radius 1 is 1.42 bits per heavy atom. The maximum Gasteiger partial charge on any atom is 0.275 e. The molecule has 0 radical (unpaired) electrons. The van der Waals surface area contributed by atoms with Gasteiger partial charge in [-0.15, -0.1) is 0 Å². The first-order valence-electron chi connectivity index (χ1n) is 3.44. The average molecular weight is 162 g/mol. The van der Waals surface area contributed by atoms with Gasteiger partial charge >= 0.3 is 0 Å². The average Bonchev–Trinajstić information content (AvgIpc) is 2.04. The van der Waals surface area contributed by atoms with Crippen molar-refractivity contribution in [2.45, 2.75) is 0 Å². The van der Waals surface area contributed by atoms with E-state index in [2.05, 4.69) is 10.2 Å². The summed E-state index contributed by atoms with van der Waals surface area (Å²) in [6, 6.07) is 4.85. The fourth-order valence-corrected chi connectivity index (χ4v) is 1.13. The molecular formula is C8H6N2O2. The second-order valence-corrected chi connectivity index (χ2v) is 2.44. The maximum atomic E-state index is 11.1. The van der Waals surface area contributed by atoms with Crippen molar-refractivity contribution in [2.75, 3.05) is 0 Å². The number of phenolic OH excluding ortho intramolecular Hbond substituents is 1. The number of rotatable bonds is 0. The number of hydrogen-bond acceptors (Lipinski definition) is 3. The van der Waals surface area contributed by atoms with E-state index in [4.69, 9.17) is 0 Å². The molecule has 60 valence electrons. The van der Waals surface area contributed by atoms with Crippen molar-refractivity contribution in [3.8, 4) is 5.75 Å². The Hall–Kier alpha value is -1.84. The van der Waals surface area contributed by atoms with Gasteiger partial charge in [-0.2, -0.15) is 5.10 Å². The zero-order valence-corrected chi connectivity index (χ0v) is 6.11. The summed E-state index contributed by atoms with van der Waals surface area (Å²) in [5.41, 5.74) is -0.370. The molecule has 0 aliphatic carbocycles. The molecule has 0 bridgehead atoms. The normalized spacial score (nSPS) is 10.3. The largest absolute Gasteiger partial charge is 0.507 e. The van der Waals surface area contributed by atoms with E-state index in [9.17, 15) is 9.90 Å². The molecule has 1 aromatic carbocycles. The summed E-state index contributed by atoms with van der Waals surface area (Å²) >= 11 is 0. The highest BCUT2D eigenvalue weighted by Crippen LogP contribution is 2.18. The van der Waals surface area contributed by atoms with Gasteiger partial charge < -0.3 is 5.11 Å². The Bertz CT molecular complexity index is 470. The second kappa shape index (κ2) is 2.34. The van der Waals surface area contributed by atoms with Gasteiger partial charge in [0.05, 0.1) is 11.6 Å². The predicted molar refractivity (Wildman–Crippen MR) is 44.0 cm³/mol. The monoisotopic (exact) mass is 162 g/mol. The number of nitrogens with one attached hydrogen (secondary N) is 1. The molecule has 0 saturated carbocycles. The van der Waals surface area contributed by atoms with E-state index in [-0.39, 0.29) is 16.7 Å². The van der Waals surface area contributed by atoms with Gasteiger partial charge in [-0.25, -0.2) is 5.10 Å². The Morgan fingerprint density at radius 2 is 2.25 bits per heavy atom. The third-order valence-corrected chi connectivity index (χ3v) is 1.67. The van der Waals surface area contributed by atoms with Crippen LogP contribution in [0.3, 0.4) is 0 Å². The summed E-state index contributed by atoms with van der Waals surface area (Å²) in [7, 11) is 0. The highest BCUT2D eigenvalue weighted by molar-refractivity contribution is 5.86. The minimum Gasteiger partial charge on any atom is -0.507 e. The van der Waals surface area contributed by atoms with Crippen LogP contribution in [0.25, 0.3) is 10.8 Å². The number of aromatic amines is 1. The van der Waals surface area contributed by atoms with Gasteiger partial charge in [-0.05, 0) is 6.07 Å². The Balaban J connectivity index is 3.07. The van der Waals surface area contributed by atoms with Crippen molar-refractivity contribution < 1.29 is 5.11 Å². The summed E-state index contributed by atoms with van der Waals surface area (Å²) in [5, 5.41) is 16.1. The molecule has 2 rings (SSSR count). The van der Waals surface area contributed by atoms with E-state index >= 15 is 0 Å². The van der Waals surface area contributed by atoms with Crippen LogP contribution in [0, 0.1) is 0 Å². The second-order valence-electron chi connectivity index (χ2n) is 2.44. The molecule has 4 heteroatoms. The number of benzene rings is 1. The van der Waals surface area contributed by atoms with Crippen molar-refractivity contribution in [3.05, 3.63) is 34.7 Å². The third kappa shape index (κ3) is 0.852. The molecule has 0 aliphatic heterocycles. The number of fused-ring (bicyclic) bond motifs is 1. The van der Waals surface area contributed by atoms with Crippen molar-refractivity contribution in [2.24, 2.45) is 0 Å². The number of nitrogens with zero attached hydrogens (tertiary/aromatic N) is 1. The Kier molecular flexibility index (Phi) is 1.33. The van der Waals surface area contributed by atoms with Gasteiger partial charge in [0.15, 0.2) is 0 Å². The summed E-state index contributed by atoms with van der Waals surface area (Å²) in [6.07, 6.45) is 1.50. The number of phenols is 1. The van der Waals surface area contributed by atoms with Crippen LogP contribution < -0.4 is 5.56 Å². The lowest BCUT2D eigenvalue weighted by Gasteiger charge is -1.96. The first-order valence-corrected chi connectivity index (χ1v) is 3.44. The molecule has 0 spiro atoms. The number of hydrogen-bond donors (Lipinski definition) is 2. The lowest BCUT2D eigenvalue weighted by molar-refractivity contribution is 0.481. The lowest BCUT2D eigenvalue weighted by Crippen LogP contribution is -2.07. The number of aromatic hydroxyl groups is 1. The van der Waals surface area contributed by atoms with Gasteiger partial charge in [0, 0.05) is 5.39 Å². The fourth-order valence-electron chi connectivity index (χ4n) is 1.13. The fraction of sp³-hybridized carbons (Fsp3) is 0. The molecular weight excluding hydrogens is 156 g/mol. The molecule has 2 N–H and O–H groups in total. The van der Waals surface area contributed by atoms with Crippen LogP contribution in [0.2, 0.25) is 0 Å². The highest BCUT2D eigenvalue weighted by Gasteiger charge is 2.01. The first-order chi connectivity index (χ1) is 5.79. The van der Waals surface area contributed by atoms with E-state index in [0.717, 1.165) is 0 Å². The molecule has 0 unspecified atom stereocenters.